The topological polar surface area (TPSA) is 44.9 Å². The number of aromatic amines is 1. The van der Waals surface area contributed by atoms with Gasteiger partial charge in [0, 0.05) is 29.2 Å². The first-order chi connectivity index (χ1) is 6.84. The second kappa shape index (κ2) is 2.61. The van der Waals surface area contributed by atoms with Crippen LogP contribution in [-0.4, -0.2) is 17.4 Å². The molecule has 0 radical (unpaired) electrons. The van der Waals surface area contributed by atoms with Gasteiger partial charge in [-0.25, -0.2) is 0 Å². The SMILES string of the molecule is O=C1NCCc2cc3[nH]ccc3cc21. The minimum atomic E-state index is 0.0503. The van der Waals surface area contributed by atoms with Crippen LogP contribution in [0.4, 0.5) is 0 Å². The molecule has 0 fully saturated rings. The van der Waals surface area contributed by atoms with E-state index >= 15 is 0 Å². The molecule has 1 aromatic carbocycles. The average Bonchev–Trinajstić information content (AvgIpc) is 2.62. The predicted octanol–water partition coefficient (Wildman–Crippen LogP) is 1.45. The molecule has 0 saturated carbocycles. The summed E-state index contributed by atoms with van der Waals surface area (Å²) >= 11 is 0. The molecular weight excluding hydrogens is 176 g/mol. The Morgan fingerprint density at radius 3 is 3.14 bits per heavy atom. The van der Waals surface area contributed by atoms with Gasteiger partial charge in [-0.05, 0) is 30.2 Å². The molecule has 0 saturated heterocycles. The van der Waals surface area contributed by atoms with Gasteiger partial charge in [-0.15, -0.1) is 0 Å². The number of rotatable bonds is 0. The van der Waals surface area contributed by atoms with Crippen molar-refractivity contribution in [2.45, 2.75) is 6.42 Å². The van der Waals surface area contributed by atoms with E-state index in [4.69, 9.17) is 0 Å². The standard InChI is InChI=1S/C11H10N2O/c14-11-9-5-8-2-3-12-10(8)6-7(9)1-4-13-11/h2-3,5-6,12H,1,4H2,(H,13,14). The summed E-state index contributed by atoms with van der Waals surface area (Å²) in [5.74, 6) is 0.0503. The summed E-state index contributed by atoms with van der Waals surface area (Å²) in [7, 11) is 0. The van der Waals surface area contributed by atoms with Crippen molar-refractivity contribution in [2.24, 2.45) is 0 Å². The lowest BCUT2D eigenvalue weighted by molar-refractivity contribution is 0.0946. The summed E-state index contributed by atoms with van der Waals surface area (Å²) in [6.45, 7) is 0.748. The molecule has 14 heavy (non-hydrogen) atoms. The highest BCUT2D eigenvalue weighted by atomic mass is 16.1. The van der Waals surface area contributed by atoms with Gasteiger partial charge in [0.25, 0.3) is 5.91 Å². The van der Waals surface area contributed by atoms with Crippen LogP contribution < -0.4 is 5.32 Å². The smallest absolute Gasteiger partial charge is 0.251 e. The number of carbonyl (C=O) groups is 1. The molecule has 0 spiro atoms. The lowest BCUT2D eigenvalue weighted by atomic mass is 9.99. The minimum Gasteiger partial charge on any atom is -0.361 e. The fourth-order valence-electron chi connectivity index (χ4n) is 1.97. The van der Waals surface area contributed by atoms with Crippen molar-refractivity contribution in [3.63, 3.8) is 0 Å². The first-order valence-corrected chi connectivity index (χ1v) is 4.73. The number of fused-ring (bicyclic) bond motifs is 2. The molecular formula is C11H10N2O. The number of aromatic nitrogens is 1. The summed E-state index contributed by atoms with van der Waals surface area (Å²) in [5.41, 5.74) is 3.07. The molecule has 1 amide bonds. The third-order valence-electron chi connectivity index (χ3n) is 2.70. The lowest BCUT2D eigenvalue weighted by Crippen LogP contribution is -2.31. The zero-order valence-electron chi connectivity index (χ0n) is 7.63. The largest absolute Gasteiger partial charge is 0.361 e. The first-order valence-electron chi connectivity index (χ1n) is 4.73. The zero-order chi connectivity index (χ0) is 9.54. The quantitative estimate of drug-likeness (QED) is 0.642. The zero-order valence-corrected chi connectivity index (χ0v) is 7.63. The van der Waals surface area contributed by atoms with E-state index in [2.05, 4.69) is 16.4 Å². The highest BCUT2D eigenvalue weighted by Gasteiger charge is 2.16. The molecule has 0 bridgehead atoms. The summed E-state index contributed by atoms with van der Waals surface area (Å²) in [4.78, 5) is 14.7. The van der Waals surface area contributed by atoms with Crippen molar-refractivity contribution in [3.05, 3.63) is 35.5 Å². The maximum atomic E-state index is 11.5. The number of nitrogens with one attached hydrogen (secondary N) is 2. The Morgan fingerprint density at radius 2 is 2.21 bits per heavy atom. The van der Waals surface area contributed by atoms with Crippen LogP contribution in [-0.2, 0) is 6.42 Å². The molecule has 1 aromatic heterocycles. The highest BCUT2D eigenvalue weighted by Crippen LogP contribution is 2.21. The van der Waals surface area contributed by atoms with Crippen molar-refractivity contribution >= 4 is 16.8 Å². The third-order valence-corrected chi connectivity index (χ3v) is 2.70. The van der Waals surface area contributed by atoms with Gasteiger partial charge in [0.05, 0.1) is 0 Å². The van der Waals surface area contributed by atoms with Gasteiger partial charge in [-0.3, -0.25) is 4.79 Å². The van der Waals surface area contributed by atoms with Crippen LogP contribution >= 0.6 is 0 Å². The van der Waals surface area contributed by atoms with Crippen molar-refractivity contribution in [3.8, 4) is 0 Å². The second-order valence-corrected chi connectivity index (χ2v) is 3.58. The summed E-state index contributed by atoms with van der Waals surface area (Å²) in [5, 5.41) is 3.94. The van der Waals surface area contributed by atoms with Crippen LogP contribution in [0.15, 0.2) is 24.4 Å². The van der Waals surface area contributed by atoms with E-state index in [-0.39, 0.29) is 5.91 Å². The van der Waals surface area contributed by atoms with Gasteiger partial charge in [-0.1, -0.05) is 0 Å². The van der Waals surface area contributed by atoms with E-state index in [9.17, 15) is 4.79 Å². The molecule has 2 N–H and O–H groups in total. The van der Waals surface area contributed by atoms with Crippen LogP contribution in [0, 0.1) is 0 Å². The molecule has 0 aliphatic carbocycles. The monoisotopic (exact) mass is 186 g/mol. The van der Waals surface area contributed by atoms with Crippen LogP contribution in [0.3, 0.4) is 0 Å². The van der Waals surface area contributed by atoms with Crippen molar-refractivity contribution in [2.75, 3.05) is 6.54 Å². The predicted molar refractivity (Wildman–Crippen MR) is 54.3 cm³/mol. The Balaban J connectivity index is 2.32. The van der Waals surface area contributed by atoms with Crippen LogP contribution in [0.1, 0.15) is 15.9 Å². The van der Waals surface area contributed by atoms with Crippen LogP contribution in [0.25, 0.3) is 10.9 Å². The lowest BCUT2D eigenvalue weighted by Gasteiger charge is -2.16. The Morgan fingerprint density at radius 1 is 1.29 bits per heavy atom. The molecule has 2 heterocycles. The molecule has 3 nitrogen and oxygen atoms in total. The average molecular weight is 186 g/mol. The van der Waals surface area contributed by atoms with E-state index < -0.39 is 0 Å². The maximum absolute atomic E-state index is 11.5. The number of amides is 1. The fourth-order valence-corrected chi connectivity index (χ4v) is 1.97. The van der Waals surface area contributed by atoms with Gasteiger partial charge in [-0.2, -0.15) is 0 Å². The number of hydrogen-bond donors (Lipinski definition) is 2. The molecule has 0 atom stereocenters. The van der Waals surface area contributed by atoms with E-state index in [1.807, 2.05) is 18.3 Å². The van der Waals surface area contributed by atoms with Crippen LogP contribution in [0.5, 0.6) is 0 Å². The van der Waals surface area contributed by atoms with E-state index in [1.54, 1.807) is 0 Å². The number of carbonyl (C=O) groups excluding carboxylic acids is 1. The van der Waals surface area contributed by atoms with Gasteiger partial charge < -0.3 is 10.3 Å². The number of benzene rings is 1. The summed E-state index contributed by atoms with van der Waals surface area (Å²) in [6.07, 6.45) is 2.82. The van der Waals surface area contributed by atoms with Gasteiger partial charge >= 0.3 is 0 Å². The van der Waals surface area contributed by atoms with E-state index in [0.29, 0.717) is 0 Å². The molecule has 0 unspecified atom stereocenters. The van der Waals surface area contributed by atoms with Gasteiger partial charge in [0.1, 0.15) is 0 Å². The highest BCUT2D eigenvalue weighted by molar-refractivity contribution is 6.00. The molecule has 2 aromatic rings. The van der Waals surface area contributed by atoms with Crippen molar-refractivity contribution in [1.29, 1.82) is 0 Å². The second-order valence-electron chi connectivity index (χ2n) is 3.58. The van der Waals surface area contributed by atoms with Crippen LogP contribution in [0.2, 0.25) is 0 Å². The minimum absolute atomic E-state index is 0.0503. The molecule has 70 valence electrons. The normalized spacial score (nSPS) is 15.3. The molecule has 1 aliphatic rings. The van der Waals surface area contributed by atoms with Gasteiger partial charge in [0.15, 0.2) is 0 Å². The first kappa shape index (κ1) is 7.62. The summed E-state index contributed by atoms with van der Waals surface area (Å²) in [6, 6.07) is 6.01. The Hall–Kier alpha value is -1.77. The third kappa shape index (κ3) is 0.954. The fraction of sp³-hybridized carbons (Fsp3) is 0.182. The molecule has 3 heteroatoms. The van der Waals surface area contributed by atoms with Gasteiger partial charge in [0.2, 0.25) is 0 Å². The molecule has 1 aliphatic heterocycles. The van der Waals surface area contributed by atoms with E-state index in [1.165, 1.54) is 0 Å². The Kier molecular flexibility index (Phi) is 1.42. The van der Waals surface area contributed by atoms with Crippen molar-refractivity contribution < 1.29 is 4.79 Å². The van der Waals surface area contributed by atoms with E-state index in [0.717, 1.165) is 35.0 Å². The number of H-pyrrole nitrogens is 1. The summed E-state index contributed by atoms with van der Waals surface area (Å²) < 4.78 is 0. The Bertz CT molecular complexity index is 513. The number of hydrogen-bond acceptors (Lipinski definition) is 1. The van der Waals surface area contributed by atoms with Crippen molar-refractivity contribution in [1.82, 2.24) is 10.3 Å². The maximum Gasteiger partial charge on any atom is 0.251 e. The molecule has 3 rings (SSSR count). The Labute approximate surface area is 81.1 Å².